The Morgan fingerprint density at radius 3 is 2.18 bits per heavy atom. The number of rotatable bonds is 7. The Bertz CT molecular complexity index is 916. The van der Waals surface area contributed by atoms with Gasteiger partial charge in [0.2, 0.25) is 10.0 Å². The third-order valence-corrected chi connectivity index (χ3v) is 6.93. The van der Waals surface area contributed by atoms with Crippen molar-refractivity contribution in [2.45, 2.75) is 36.0 Å². The van der Waals surface area contributed by atoms with Crippen LogP contribution in [-0.4, -0.2) is 35.0 Å². The first-order valence-electron chi connectivity index (χ1n) is 9.37. The van der Waals surface area contributed by atoms with Gasteiger partial charge in [-0.3, -0.25) is 4.79 Å². The van der Waals surface area contributed by atoms with Crippen molar-refractivity contribution in [3.05, 3.63) is 59.7 Å². The maximum atomic E-state index is 12.8. The standard InChI is InChI=1S/C21H26N2O4S/c1-22-20(24)16-5-11-19(12-6-16)28(25,26)23-15-21(13-3-4-14-21)17-7-9-18(27-2)10-8-17/h5-12,23H,3-4,13-15H2,1-2H3,(H,22,24). The summed E-state index contributed by atoms with van der Waals surface area (Å²) < 4.78 is 33.6. The lowest BCUT2D eigenvalue weighted by Gasteiger charge is -2.30. The van der Waals surface area contributed by atoms with E-state index in [9.17, 15) is 13.2 Å². The van der Waals surface area contributed by atoms with Gasteiger partial charge in [0.1, 0.15) is 5.75 Å². The average Bonchev–Trinajstić information content (AvgIpc) is 3.22. The van der Waals surface area contributed by atoms with Gasteiger partial charge in [-0.25, -0.2) is 13.1 Å². The van der Waals surface area contributed by atoms with Crippen molar-refractivity contribution >= 4 is 15.9 Å². The minimum atomic E-state index is -3.66. The summed E-state index contributed by atoms with van der Waals surface area (Å²) >= 11 is 0. The number of ether oxygens (including phenoxy) is 1. The molecule has 1 aliphatic carbocycles. The molecule has 0 radical (unpaired) electrons. The largest absolute Gasteiger partial charge is 0.497 e. The Morgan fingerprint density at radius 2 is 1.64 bits per heavy atom. The number of sulfonamides is 1. The van der Waals surface area contributed by atoms with Gasteiger partial charge in [-0.1, -0.05) is 25.0 Å². The van der Waals surface area contributed by atoms with Crippen LogP contribution in [0, 0.1) is 0 Å². The molecule has 0 heterocycles. The highest BCUT2D eigenvalue weighted by Gasteiger charge is 2.36. The second-order valence-electron chi connectivity index (χ2n) is 7.14. The fourth-order valence-electron chi connectivity index (χ4n) is 3.81. The zero-order chi connectivity index (χ0) is 20.2. The molecule has 0 spiro atoms. The highest BCUT2D eigenvalue weighted by Crippen LogP contribution is 2.41. The molecule has 2 N–H and O–H groups in total. The van der Waals surface area contributed by atoms with Gasteiger partial charge in [0.05, 0.1) is 12.0 Å². The maximum absolute atomic E-state index is 12.8. The van der Waals surface area contributed by atoms with Gasteiger partial charge in [0.25, 0.3) is 5.91 Å². The number of amides is 1. The summed E-state index contributed by atoms with van der Waals surface area (Å²) in [6.07, 6.45) is 4.04. The summed E-state index contributed by atoms with van der Waals surface area (Å²) in [5.74, 6) is 0.537. The van der Waals surface area contributed by atoms with Crippen LogP contribution in [0.3, 0.4) is 0 Å². The Balaban J connectivity index is 1.78. The minimum absolute atomic E-state index is 0.156. The summed E-state index contributed by atoms with van der Waals surface area (Å²) in [5.41, 5.74) is 1.34. The quantitative estimate of drug-likeness (QED) is 0.746. The van der Waals surface area contributed by atoms with E-state index in [0.717, 1.165) is 37.0 Å². The van der Waals surface area contributed by atoms with Gasteiger partial charge in [-0.2, -0.15) is 0 Å². The molecule has 2 aromatic rings. The van der Waals surface area contributed by atoms with Gasteiger partial charge in [0, 0.05) is 24.6 Å². The lowest BCUT2D eigenvalue weighted by atomic mass is 9.79. The van der Waals surface area contributed by atoms with Crippen molar-refractivity contribution in [1.82, 2.24) is 10.0 Å². The first kappa shape index (κ1) is 20.4. The SMILES string of the molecule is CNC(=O)c1ccc(S(=O)(=O)NCC2(c3ccc(OC)cc3)CCCC2)cc1. The molecule has 1 fully saturated rings. The van der Waals surface area contributed by atoms with Gasteiger partial charge in [-0.05, 0) is 54.8 Å². The van der Waals surface area contributed by atoms with Crippen LogP contribution < -0.4 is 14.8 Å². The van der Waals surface area contributed by atoms with E-state index in [0.29, 0.717) is 12.1 Å². The summed E-state index contributed by atoms with van der Waals surface area (Å²) in [4.78, 5) is 11.8. The van der Waals surface area contributed by atoms with Crippen LogP contribution in [0.4, 0.5) is 0 Å². The summed E-state index contributed by atoms with van der Waals surface area (Å²) in [6, 6.07) is 13.8. The van der Waals surface area contributed by atoms with E-state index in [2.05, 4.69) is 10.0 Å². The Morgan fingerprint density at radius 1 is 1.04 bits per heavy atom. The second-order valence-corrected chi connectivity index (χ2v) is 8.91. The molecule has 0 saturated heterocycles. The van der Waals surface area contributed by atoms with Crippen molar-refractivity contribution in [2.24, 2.45) is 0 Å². The Kier molecular flexibility index (Phi) is 6.05. The Hall–Kier alpha value is -2.38. The minimum Gasteiger partial charge on any atom is -0.497 e. The number of nitrogens with one attached hydrogen (secondary N) is 2. The van der Waals surface area contributed by atoms with Crippen LogP contribution in [0.15, 0.2) is 53.4 Å². The molecule has 1 amide bonds. The van der Waals surface area contributed by atoms with E-state index in [4.69, 9.17) is 4.74 Å². The highest BCUT2D eigenvalue weighted by molar-refractivity contribution is 7.89. The third kappa shape index (κ3) is 4.20. The number of benzene rings is 2. The van der Waals surface area contributed by atoms with E-state index >= 15 is 0 Å². The maximum Gasteiger partial charge on any atom is 0.251 e. The molecule has 28 heavy (non-hydrogen) atoms. The molecule has 150 valence electrons. The fourth-order valence-corrected chi connectivity index (χ4v) is 4.94. The van der Waals surface area contributed by atoms with E-state index in [-0.39, 0.29) is 16.2 Å². The normalized spacial score (nSPS) is 15.9. The molecule has 1 aliphatic rings. The lowest BCUT2D eigenvalue weighted by molar-refractivity contribution is 0.0963. The van der Waals surface area contributed by atoms with Gasteiger partial charge >= 0.3 is 0 Å². The number of carbonyl (C=O) groups is 1. The number of hydrogen-bond donors (Lipinski definition) is 2. The van der Waals surface area contributed by atoms with Gasteiger partial charge in [0.15, 0.2) is 0 Å². The molecule has 0 aromatic heterocycles. The first-order chi connectivity index (χ1) is 13.4. The third-order valence-electron chi connectivity index (χ3n) is 5.52. The molecule has 0 atom stereocenters. The van der Waals surface area contributed by atoms with Gasteiger partial charge < -0.3 is 10.1 Å². The molecule has 3 rings (SSSR count). The summed E-state index contributed by atoms with van der Waals surface area (Å²) in [5, 5.41) is 2.52. The summed E-state index contributed by atoms with van der Waals surface area (Å²) in [7, 11) is -0.497. The van der Waals surface area contributed by atoms with Crippen molar-refractivity contribution in [3.8, 4) is 5.75 Å². The van der Waals surface area contributed by atoms with E-state index in [1.54, 1.807) is 7.11 Å². The summed E-state index contributed by atoms with van der Waals surface area (Å²) in [6.45, 7) is 0.346. The lowest BCUT2D eigenvalue weighted by Crippen LogP contribution is -2.39. The molecule has 0 bridgehead atoms. The van der Waals surface area contributed by atoms with Crippen LogP contribution in [0.2, 0.25) is 0 Å². The highest BCUT2D eigenvalue weighted by atomic mass is 32.2. The van der Waals surface area contributed by atoms with E-state index < -0.39 is 10.0 Å². The molecular weight excluding hydrogens is 376 g/mol. The predicted octanol–water partition coefficient (Wildman–Crippen LogP) is 2.85. The van der Waals surface area contributed by atoms with Crippen LogP contribution in [0.1, 0.15) is 41.6 Å². The van der Waals surface area contributed by atoms with Crippen molar-refractivity contribution in [1.29, 1.82) is 0 Å². The Labute approximate surface area is 166 Å². The molecule has 6 nitrogen and oxygen atoms in total. The molecule has 7 heteroatoms. The predicted molar refractivity (Wildman–Crippen MR) is 108 cm³/mol. The van der Waals surface area contributed by atoms with E-state index in [1.807, 2.05) is 24.3 Å². The number of carbonyl (C=O) groups excluding carboxylic acids is 1. The van der Waals surface area contributed by atoms with Crippen LogP contribution >= 0.6 is 0 Å². The molecule has 0 aliphatic heterocycles. The number of hydrogen-bond acceptors (Lipinski definition) is 4. The first-order valence-corrected chi connectivity index (χ1v) is 10.8. The molecule has 2 aromatic carbocycles. The molecule has 0 unspecified atom stereocenters. The monoisotopic (exact) mass is 402 g/mol. The van der Waals surface area contributed by atoms with E-state index in [1.165, 1.54) is 31.3 Å². The fraction of sp³-hybridized carbons (Fsp3) is 0.381. The zero-order valence-corrected chi connectivity index (χ0v) is 17.0. The van der Waals surface area contributed by atoms with Crippen LogP contribution in [0.25, 0.3) is 0 Å². The molecular formula is C21H26N2O4S. The smallest absolute Gasteiger partial charge is 0.251 e. The zero-order valence-electron chi connectivity index (χ0n) is 16.2. The van der Waals surface area contributed by atoms with Crippen molar-refractivity contribution < 1.29 is 17.9 Å². The van der Waals surface area contributed by atoms with Crippen molar-refractivity contribution in [2.75, 3.05) is 20.7 Å². The van der Waals surface area contributed by atoms with Gasteiger partial charge in [-0.15, -0.1) is 0 Å². The topological polar surface area (TPSA) is 84.5 Å². The van der Waals surface area contributed by atoms with Crippen LogP contribution in [0.5, 0.6) is 5.75 Å². The van der Waals surface area contributed by atoms with Crippen LogP contribution in [-0.2, 0) is 15.4 Å². The molecule has 1 saturated carbocycles. The van der Waals surface area contributed by atoms with Crippen molar-refractivity contribution in [3.63, 3.8) is 0 Å². The average molecular weight is 403 g/mol. The number of methoxy groups -OCH3 is 1. The second kappa shape index (κ2) is 8.32.